The molecule has 1 amide bonds. The molecule has 0 heterocycles. The third-order valence-corrected chi connectivity index (χ3v) is 5.63. The standard InChI is InChI=1S/C25H20F3NO4/c26-25(27,28)16-7-5-6-15(12-16)13-22(23(30)31)29-24(32)33-14-21-19-10-3-1-8-17(19)18-9-2-4-11-20(18)21/h1-12,21-22H,13-14H2,(H,29,32)(H,30,31)/t22-/m1/s1. The largest absolute Gasteiger partial charge is 0.480 e. The van der Waals surface area contributed by atoms with Gasteiger partial charge in [0.15, 0.2) is 0 Å². The van der Waals surface area contributed by atoms with Crippen molar-refractivity contribution in [1.82, 2.24) is 5.32 Å². The fourth-order valence-corrected chi connectivity index (χ4v) is 4.09. The molecule has 0 fully saturated rings. The number of carboxylic acid groups (broad SMARTS) is 1. The van der Waals surface area contributed by atoms with Crippen LogP contribution in [0.1, 0.15) is 28.2 Å². The van der Waals surface area contributed by atoms with E-state index in [9.17, 15) is 27.9 Å². The van der Waals surface area contributed by atoms with E-state index in [-0.39, 0.29) is 24.5 Å². The summed E-state index contributed by atoms with van der Waals surface area (Å²) in [5.74, 6) is -1.57. The van der Waals surface area contributed by atoms with Crippen molar-refractivity contribution in [2.75, 3.05) is 6.61 Å². The minimum Gasteiger partial charge on any atom is -0.480 e. The Morgan fingerprint density at radius 3 is 2.12 bits per heavy atom. The Bertz CT molecular complexity index is 1150. The number of fused-ring (bicyclic) bond motifs is 3. The molecule has 1 atom stereocenters. The molecular weight excluding hydrogens is 435 g/mol. The topological polar surface area (TPSA) is 75.6 Å². The van der Waals surface area contributed by atoms with E-state index >= 15 is 0 Å². The molecule has 0 aliphatic heterocycles. The molecule has 1 aliphatic rings. The molecule has 8 heteroatoms. The van der Waals surface area contributed by atoms with Gasteiger partial charge in [0.1, 0.15) is 12.6 Å². The zero-order valence-electron chi connectivity index (χ0n) is 17.3. The Balaban J connectivity index is 1.43. The van der Waals surface area contributed by atoms with Crippen LogP contribution in [-0.2, 0) is 22.1 Å². The van der Waals surface area contributed by atoms with Crippen LogP contribution in [0.5, 0.6) is 0 Å². The lowest BCUT2D eigenvalue weighted by Gasteiger charge is -2.18. The highest BCUT2D eigenvalue weighted by atomic mass is 19.4. The van der Waals surface area contributed by atoms with Gasteiger partial charge in [-0.05, 0) is 33.9 Å². The Labute approximate surface area is 187 Å². The van der Waals surface area contributed by atoms with Crippen molar-refractivity contribution in [1.29, 1.82) is 0 Å². The maximum absolute atomic E-state index is 12.9. The van der Waals surface area contributed by atoms with Crippen molar-refractivity contribution >= 4 is 12.1 Å². The number of aliphatic carboxylic acids is 1. The molecule has 3 aromatic carbocycles. The van der Waals surface area contributed by atoms with Crippen molar-refractivity contribution in [3.05, 3.63) is 95.1 Å². The highest BCUT2D eigenvalue weighted by Gasteiger charge is 2.32. The van der Waals surface area contributed by atoms with Gasteiger partial charge in [-0.3, -0.25) is 0 Å². The number of hydrogen-bond acceptors (Lipinski definition) is 3. The summed E-state index contributed by atoms with van der Waals surface area (Å²) < 4.78 is 44.1. The monoisotopic (exact) mass is 455 g/mol. The molecule has 33 heavy (non-hydrogen) atoms. The van der Waals surface area contributed by atoms with Crippen LogP contribution in [0.3, 0.4) is 0 Å². The van der Waals surface area contributed by atoms with Crippen molar-refractivity contribution in [2.45, 2.75) is 24.6 Å². The van der Waals surface area contributed by atoms with E-state index in [1.54, 1.807) is 0 Å². The van der Waals surface area contributed by atoms with Gasteiger partial charge in [0.2, 0.25) is 0 Å². The highest BCUT2D eigenvalue weighted by Crippen LogP contribution is 2.44. The van der Waals surface area contributed by atoms with Gasteiger partial charge in [0.25, 0.3) is 0 Å². The number of ether oxygens (including phenoxy) is 1. The summed E-state index contributed by atoms with van der Waals surface area (Å²) in [6.07, 6.45) is -5.81. The molecule has 4 rings (SSSR count). The third kappa shape index (κ3) is 4.84. The van der Waals surface area contributed by atoms with Gasteiger partial charge in [-0.15, -0.1) is 0 Å². The summed E-state index contributed by atoms with van der Waals surface area (Å²) in [6, 6.07) is 18.4. The van der Waals surface area contributed by atoms with Crippen LogP contribution in [0.25, 0.3) is 11.1 Å². The van der Waals surface area contributed by atoms with Crippen LogP contribution < -0.4 is 5.32 Å². The van der Waals surface area contributed by atoms with Crippen LogP contribution in [0.2, 0.25) is 0 Å². The molecule has 0 unspecified atom stereocenters. The lowest BCUT2D eigenvalue weighted by molar-refractivity contribution is -0.139. The van der Waals surface area contributed by atoms with Crippen molar-refractivity contribution < 1.29 is 32.6 Å². The van der Waals surface area contributed by atoms with Gasteiger partial charge in [-0.1, -0.05) is 66.7 Å². The van der Waals surface area contributed by atoms with E-state index in [1.807, 2.05) is 48.5 Å². The zero-order chi connectivity index (χ0) is 23.6. The van der Waals surface area contributed by atoms with Crippen LogP contribution >= 0.6 is 0 Å². The van der Waals surface area contributed by atoms with Gasteiger partial charge in [-0.25, -0.2) is 9.59 Å². The summed E-state index contributed by atoms with van der Waals surface area (Å²) in [5, 5.41) is 11.7. The van der Waals surface area contributed by atoms with E-state index in [2.05, 4.69) is 5.32 Å². The number of amides is 1. The molecule has 3 aromatic rings. The molecule has 0 aromatic heterocycles. The number of carbonyl (C=O) groups excluding carboxylic acids is 1. The predicted molar refractivity (Wildman–Crippen MR) is 115 cm³/mol. The SMILES string of the molecule is O=C(N[C@H](Cc1cccc(C(F)(F)F)c1)C(=O)O)OCC1c2ccccc2-c2ccccc21. The van der Waals surface area contributed by atoms with Gasteiger partial charge >= 0.3 is 18.2 Å². The van der Waals surface area contributed by atoms with Gasteiger partial charge < -0.3 is 15.2 Å². The smallest absolute Gasteiger partial charge is 0.416 e. The lowest BCUT2D eigenvalue weighted by Crippen LogP contribution is -2.43. The fraction of sp³-hybridized carbons (Fsp3) is 0.200. The van der Waals surface area contributed by atoms with Gasteiger partial charge in [0, 0.05) is 12.3 Å². The van der Waals surface area contributed by atoms with E-state index in [1.165, 1.54) is 12.1 Å². The molecule has 0 spiro atoms. The molecule has 0 saturated heterocycles. The second-order valence-corrected chi connectivity index (χ2v) is 7.76. The van der Waals surface area contributed by atoms with Crippen molar-refractivity contribution in [2.24, 2.45) is 0 Å². The summed E-state index contributed by atoms with van der Waals surface area (Å²) in [4.78, 5) is 24.0. The van der Waals surface area contributed by atoms with E-state index in [0.29, 0.717) is 0 Å². The number of carbonyl (C=O) groups is 2. The summed E-state index contributed by atoms with van der Waals surface area (Å²) in [5.41, 5.74) is 3.36. The third-order valence-electron chi connectivity index (χ3n) is 5.63. The van der Waals surface area contributed by atoms with Crippen LogP contribution in [0, 0.1) is 0 Å². The number of nitrogens with one attached hydrogen (secondary N) is 1. The number of hydrogen-bond donors (Lipinski definition) is 2. The maximum atomic E-state index is 12.9. The van der Waals surface area contributed by atoms with E-state index in [0.717, 1.165) is 34.4 Å². The molecular formula is C25H20F3NO4. The normalized spacial score (nSPS) is 13.7. The first-order valence-corrected chi connectivity index (χ1v) is 10.2. The molecule has 0 saturated carbocycles. The molecule has 0 radical (unpaired) electrons. The second kappa shape index (κ2) is 8.97. The fourth-order valence-electron chi connectivity index (χ4n) is 4.09. The second-order valence-electron chi connectivity index (χ2n) is 7.76. The first-order chi connectivity index (χ1) is 15.7. The van der Waals surface area contributed by atoms with Crippen LogP contribution in [0.15, 0.2) is 72.8 Å². The number of alkyl carbamates (subject to hydrolysis) is 1. The molecule has 170 valence electrons. The Hall–Kier alpha value is -3.81. The number of alkyl halides is 3. The Morgan fingerprint density at radius 1 is 0.939 bits per heavy atom. The summed E-state index contributed by atoms with van der Waals surface area (Å²) >= 11 is 0. The average molecular weight is 455 g/mol. The molecule has 2 N–H and O–H groups in total. The van der Waals surface area contributed by atoms with Crippen LogP contribution in [0.4, 0.5) is 18.0 Å². The molecule has 0 bridgehead atoms. The number of carboxylic acids is 1. The molecule has 5 nitrogen and oxygen atoms in total. The highest BCUT2D eigenvalue weighted by molar-refractivity contribution is 5.81. The quantitative estimate of drug-likeness (QED) is 0.533. The van der Waals surface area contributed by atoms with E-state index < -0.39 is 29.8 Å². The predicted octanol–water partition coefficient (Wildman–Crippen LogP) is 5.24. The number of benzene rings is 3. The number of rotatable bonds is 6. The van der Waals surface area contributed by atoms with Crippen LogP contribution in [-0.4, -0.2) is 29.8 Å². The minimum atomic E-state index is -4.55. The Morgan fingerprint density at radius 2 is 1.55 bits per heavy atom. The summed E-state index contributed by atoms with van der Waals surface area (Å²) in [7, 11) is 0. The van der Waals surface area contributed by atoms with Crippen molar-refractivity contribution in [3.63, 3.8) is 0 Å². The van der Waals surface area contributed by atoms with Gasteiger partial charge in [-0.2, -0.15) is 13.2 Å². The Kier molecular flexibility index (Phi) is 6.09. The first-order valence-electron chi connectivity index (χ1n) is 10.2. The van der Waals surface area contributed by atoms with Crippen molar-refractivity contribution in [3.8, 4) is 11.1 Å². The average Bonchev–Trinajstić information content (AvgIpc) is 3.10. The van der Waals surface area contributed by atoms with E-state index in [4.69, 9.17) is 4.74 Å². The maximum Gasteiger partial charge on any atom is 0.416 e. The number of halogens is 3. The van der Waals surface area contributed by atoms with Gasteiger partial charge in [0.05, 0.1) is 5.56 Å². The minimum absolute atomic E-state index is 0.00421. The lowest BCUT2D eigenvalue weighted by atomic mass is 9.98. The zero-order valence-corrected chi connectivity index (χ0v) is 17.3. The first kappa shape index (κ1) is 22.4. The molecule has 1 aliphatic carbocycles. The summed E-state index contributed by atoms with van der Waals surface area (Å²) in [6.45, 7) is -0.00421.